The van der Waals surface area contributed by atoms with Crippen molar-refractivity contribution >= 4 is 11.0 Å². The van der Waals surface area contributed by atoms with Gasteiger partial charge in [-0.25, -0.2) is 4.98 Å². The molecule has 2 heterocycles. The number of rotatable bonds is 5. The van der Waals surface area contributed by atoms with Crippen molar-refractivity contribution in [2.75, 3.05) is 19.7 Å². The van der Waals surface area contributed by atoms with Crippen LogP contribution in [0.4, 0.5) is 0 Å². The zero-order valence-corrected chi connectivity index (χ0v) is 8.79. The van der Waals surface area contributed by atoms with Crippen molar-refractivity contribution in [2.24, 2.45) is 0 Å². The third kappa shape index (κ3) is 2.47. The third-order valence-electron chi connectivity index (χ3n) is 2.17. The van der Waals surface area contributed by atoms with Crippen LogP contribution in [0.2, 0.25) is 0 Å². The number of H-pyrrole nitrogens is 1. The van der Waals surface area contributed by atoms with Crippen LogP contribution in [0, 0.1) is 0 Å². The van der Waals surface area contributed by atoms with Crippen LogP contribution in [-0.2, 0) is 0 Å². The fraction of sp³-hybridized carbons (Fsp3) is 0.364. The molecule has 2 aromatic heterocycles. The van der Waals surface area contributed by atoms with Crippen LogP contribution in [0.3, 0.4) is 0 Å². The second-order valence-electron chi connectivity index (χ2n) is 3.29. The normalized spacial score (nSPS) is 10.7. The number of aromatic amines is 1. The predicted octanol–water partition coefficient (Wildman–Crippen LogP) is 1.55. The minimum atomic E-state index is 0.672. The molecule has 0 aliphatic rings. The third-order valence-corrected chi connectivity index (χ3v) is 2.17. The summed E-state index contributed by atoms with van der Waals surface area (Å²) in [7, 11) is 0. The van der Waals surface area contributed by atoms with E-state index >= 15 is 0 Å². The number of hydrogen-bond donors (Lipinski definition) is 2. The lowest BCUT2D eigenvalue weighted by molar-refractivity contribution is 0.315. The van der Waals surface area contributed by atoms with E-state index in [-0.39, 0.29) is 0 Å². The Morgan fingerprint density at radius 2 is 2.47 bits per heavy atom. The molecule has 0 aliphatic heterocycles. The van der Waals surface area contributed by atoms with Gasteiger partial charge >= 0.3 is 0 Å². The summed E-state index contributed by atoms with van der Waals surface area (Å²) < 4.78 is 5.55. The van der Waals surface area contributed by atoms with Gasteiger partial charge in [-0.2, -0.15) is 0 Å². The van der Waals surface area contributed by atoms with Crippen molar-refractivity contribution < 1.29 is 4.74 Å². The van der Waals surface area contributed by atoms with Crippen molar-refractivity contribution in [1.29, 1.82) is 0 Å². The Hall–Kier alpha value is -1.55. The van der Waals surface area contributed by atoms with Crippen LogP contribution in [0.15, 0.2) is 24.5 Å². The quantitative estimate of drug-likeness (QED) is 0.728. The van der Waals surface area contributed by atoms with Gasteiger partial charge in [-0.3, -0.25) is 0 Å². The Morgan fingerprint density at radius 3 is 3.33 bits per heavy atom. The Morgan fingerprint density at radius 1 is 1.53 bits per heavy atom. The molecule has 0 spiro atoms. The maximum absolute atomic E-state index is 5.55. The standard InChI is InChI=1S/C11H15N3O/c1-2-12-5-6-15-10-7-9-3-4-13-11(9)14-8-10/h3-4,7-8,12H,2,5-6H2,1H3,(H,13,14). The molecule has 2 N–H and O–H groups in total. The largest absolute Gasteiger partial charge is 0.491 e. The maximum atomic E-state index is 5.55. The lowest BCUT2D eigenvalue weighted by atomic mass is 10.3. The zero-order chi connectivity index (χ0) is 10.5. The summed E-state index contributed by atoms with van der Waals surface area (Å²) in [5.41, 5.74) is 0.897. The number of likely N-dealkylation sites (N-methyl/N-ethyl adjacent to an activating group) is 1. The highest BCUT2D eigenvalue weighted by molar-refractivity contribution is 5.76. The first-order valence-corrected chi connectivity index (χ1v) is 5.17. The van der Waals surface area contributed by atoms with Crippen LogP contribution >= 0.6 is 0 Å². The molecule has 0 saturated carbocycles. The summed E-state index contributed by atoms with van der Waals surface area (Å²) in [5, 5.41) is 4.28. The predicted molar refractivity (Wildman–Crippen MR) is 60.1 cm³/mol. The molecule has 4 heteroatoms. The first-order chi connectivity index (χ1) is 7.40. The van der Waals surface area contributed by atoms with E-state index in [4.69, 9.17) is 4.74 Å². The molecule has 2 aromatic rings. The van der Waals surface area contributed by atoms with Crippen molar-refractivity contribution in [1.82, 2.24) is 15.3 Å². The van der Waals surface area contributed by atoms with Gasteiger partial charge in [0.1, 0.15) is 18.0 Å². The summed E-state index contributed by atoms with van der Waals surface area (Å²) in [6, 6.07) is 3.98. The number of fused-ring (bicyclic) bond motifs is 1. The van der Waals surface area contributed by atoms with E-state index in [1.807, 2.05) is 18.3 Å². The van der Waals surface area contributed by atoms with E-state index in [2.05, 4.69) is 22.2 Å². The summed E-state index contributed by atoms with van der Waals surface area (Å²) in [5.74, 6) is 0.819. The molecular weight excluding hydrogens is 190 g/mol. The molecular formula is C11H15N3O. The smallest absolute Gasteiger partial charge is 0.138 e. The molecule has 0 aromatic carbocycles. The van der Waals surface area contributed by atoms with Crippen LogP contribution in [0.25, 0.3) is 11.0 Å². The summed E-state index contributed by atoms with van der Waals surface area (Å²) in [6.07, 6.45) is 3.62. The maximum Gasteiger partial charge on any atom is 0.138 e. The molecule has 4 nitrogen and oxygen atoms in total. The number of pyridine rings is 1. The van der Waals surface area contributed by atoms with Crippen molar-refractivity contribution in [3.63, 3.8) is 0 Å². The van der Waals surface area contributed by atoms with E-state index in [1.165, 1.54) is 0 Å². The van der Waals surface area contributed by atoms with Gasteiger partial charge in [0.2, 0.25) is 0 Å². The lowest BCUT2D eigenvalue weighted by Crippen LogP contribution is -2.20. The van der Waals surface area contributed by atoms with Gasteiger partial charge in [0, 0.05) is 18.1 Å². The van der Waals surface area contributed by atoms with Crippen LogP contribution in [-0.4, -0.2) is 29.7 Å². The van der Waals surface area contributed by atoms with Gasteiger partial charge in [-0.15, -0.1) is 0 Å². The number of aromatic nitrogens is 2. The highest BCUT2D eigenvalue weighted by Crippen LogP contribution is 2.16. The molecule has 0 fully saturated rings. The van der Waals surface area contributed by atoms with E-state index < -0.39 is 0 Å². The molecule has 0 amide bonds. The first kappa shape index (κ1) is 9.98. The molecule has 0 saturated heterocycles. The summed E-state index contributed by atoms with van der Waals surface area (Å²) >= 11 is 0. The van der Waals surface area contributed by atoms with E-state index in [1.54, 1.807) is 6.20 Å². The number of hydrogen-bond acceptors (Lipinski definition) is 3. The zero-order valence-electron chi connectivity index (χ0n) is 8.79. The average molecular weight is 205 g/mol. The average Bonchev–Trinajstić information content (AvgIpc) is 2.71. The Balaban J connectivity index is 1.96. The fourth-order valence-corrected chi connectivity index (χ4v) is 1.42. The van der Waals surface area contributed by atoms with Gasteiger partial charge in [0.15, 0.2) is 0 Å². The SMILES string of the molecule is CCNCCOc1cnc2[nH]ccc2c1. The fourth-order valence-electron chi connectivity index (χ4n) is 1.42. The topological polar surface area (TPSA) is 49.9 Å². The van der Waals surface area contributed by atoms with Gasteiger partial charge in [0.25, 0.3) is 0 Å². The number of nitrogens with zero attached hydrogens (tertiary/aromatic N) is 1. The van der Waals surface area contributed by atoms with Crippen molar-refractivity contribution in [2.45, 2.75) is 6.92 Å². The second kappa shape index (κ2) is 4.79. The molecule has 0 bridgehead atoms. The Labute approximate surface area is 88.7 Å². The lowest BCUT2D eigenvalue weighted by Gasteiger charge is -2.05. The summed E-state index contributed by atoms with van der Waals surface area (Å²) in [6.45, 7) is 4.58. The van der Waals surface area contributed by atoms with E-state index in [9.17, 15) is 0 Å². The molecule has 0 unspecified atom stereocenters. The van der Waals surface area contributed by atoms with Gasteiger partial charge in [-0.05, 0) is 18.7 Å². The highest BCUT2D eigenvalue weighted by Gasteiger charge is 1.98. The molecule has 2 rings (SSSR count). The van der Waals surface area contributed by atoms with Crippen LogP contribution < -0.4 is 10.1 Å². The molecule has 0 radical (unpaired) electrons. The highest BCUT2D eigenvalue weighted by atomic mass is 16.5. The van der Waals surface area contributed by atoms with Gasteiger partial charge < -0.3 is 15.0 Å². The molecule has 15 heavy (non-hydrogen) atoms. The Kier molecular flexibility index (Phi) is 3.19. The monoisotopic (exact) mass is 205 g/mol. The number of nitrogens with one attached hydrogen (secondary N) is 2. The van der Waals surface area contributed by atoms with Crippen molar-refractivity contribution in [3.8, 4) is 5.75 Å². The number of ether oxygens (including phenoxy) is 1. The van der Waals surface area contributed by atoms with Crippen molar-refractivity contribution in [3.05, 3.63) is 24.5 Å². The Bertz CT molecular complexity index is 424. The van der Waals surface area contributed by atoms with Gasteiger partial charge in [-0.1, -0.05) is 6.92 Å². The summed E-state index contributed by atoms with van der Waals surface area (Å²) in [4.78, 5) is 7.28. The minimum Gasteiger partial charge on any atom is -0.491 e. The van der Waals surface area contributed by atoms with Crippen LogP contribution in [0.1, 0.15) is 6.92 Å². The van der Waals surface area contributed by atoms with Gasteiger partial charge in [0.05, 0.1) is 6.20 Å². The second-order valence-corrected chi connectivity index (χ2v) is 3.29. The molecule has 0 aliphatic carbocycles. The molecule has 80 valence electrons. The minimum absolute atomic E-state index is 0.672. The molecule has 0 atom stereocenters. The van der Waals surface area contributed by atoms with E-state index in [0.29, 0.717) is 6.61 Å². The van der Waals surface area contributed by atoms with Crippen LogP contribution in [0.5, 0.6) is 5.75 Å². The first-order valence-electron chi connectivity index (χ1n) is 5.17. The van der Waals surface area contributed by atoms with E-state index in [0.717, 1.165) is 29.9 Å².